The van der Waals surface area contributed by atoms with Gasteiger partial charge < -0.3 is 0 Å². The molecule has 0 aromatic carbocycles. The van der Waals surface area contributed by atoms with E-state index in [0.717, 1.165) is 0 Å². The highest BCUT2D eigenvalue weighted by molar-refractivity contribution is 7.81. The maximum atomic E-state index is 11.7. The lowest BCUT2D eigenvalue weighted by Gasteiger charge is -2.02. The third-order valence-electron chi connectivity index (χ3n) is 1.25. The molecule has 1 saturated carbocycles. The van der Waals surface area contributed by atoms with Gasteiger partial charge in [0, 0.05) is 0 Å². The van der Waals surface area contributed by atoms with Gasteiger partial charge in [0.2, 0.25) is 0 Å². The first-order valence-corrected chi connectivity index (χ1v) is 3.87. The predicted octanol–water partition coefficient (Wildman–Crippen LogP) is 0.770. The molecule has 9 heavy (non-hydrogen) atoms. The van der Waals surface area contributed by atoms with Gasteiger partial charge in [-0.2, -0.15) is 8.42 Å². The van der Waals surface area contributed by atoms with Gasteiger partial charge in [-0.3, -0.25) is 0 Å². The molecule has 0 bridgehead atoms. The summed E-state index contributed by atoms with van der Waals surface area (Å²) in [6.07, 6.45) is 1.24. The van der Waals surface area contributed by atoms with Crippen LogP contribution < -0.4 is 0 Å². The number of hydrogen-bond donors (Lipinski definition) is 0. The summed E-state index contributed by atoms with van der Waals surface area (Å²) in [6.45, 7) is 1.56. The molecule has 0 aromatic heterocycles. The van der Waals surface area contributed by atoms with E-state index in [-0.39, 0.29) is 0 Å². The maximum Gasteiger partial charge on any atom is 0.438 e. The van der Waals surface area contributed by atoms with E-state index >= 15 is 0 Å². The molecule has 0 saturated heterocycles. The fourth-order valence-corrected chi connectivity index (χ4v) is 1.15. The van der Waals surface area contributed by atoms with Gasteiger partial charge in [-0.1, -0.05) is 3.89 Å². The summed E-state index contributed by atoms with van der Waals surface area (Å²) < 4.78 is 35.3. The molecule has 1 fully saturated rings. The SMILES string of the molecule is CC1(OS(=O)(=O)F)CC1. The highest BCUT2D eigenvalue weighted by atomic mass is 32.3. The van der Waals surface area contributed by atoms with E-state index in [1.54, 1.807) is 6.92 Å². The molecule has 1 rings (SSSR count). The second kappa shape index (κ2) is 1.67. The lowest BCUT2D eigenvalue weighted by Crippen LogP contribution is -2.11. The minimum atomic E-state index is -4.72. The molecule has 5 heteroatoms. The Morgan fingerprint density at radius 1 is 1.56 bits per heavy atom. The number of halogens is 1. The fourth-order valence-electron chi connectivity index (χ4n) is 0.500. The van der Waals surface area contributed by atoms with Crippen molar-refractivity contribution in [1.29, 1.82) is 0 Å². The molecular weight excluding hydrogens is 147 g/mol. The molecule has 0 heterocycles. The molecule has 0 aromatic rings. The van der Waals surface area contributed by atoms with E-state index in [0.29, 0.717) is 12.8 Å². The molecule has 1 aliphatic carbocycles. The number of hydrogen-bond acceptors (Lipinski definition) is 3. The van der Waals surface area contributed by atoms with Gasteiger partial charge >= 0.3 is 10.5 Å². The fraction of sp³-hybridized carbons (Fsp3) is 1.00. The van der Waals surface area contributed by atoms with Gasteiger partial charge in [0.05, 0.1) is 5.60 Å². The summed E-state index contributed by atoms with van der Waals surface area (Å²) in [4.78, 5) is 0. The Morgan fingerprint density at radius 2 is 2.00 bits per heavy atom. The lowest BCUT2D eigenvalue weighted by atomic mass is 10.4. The Labute approximate surface area is 53.2 Å². The zero-order valence-electron chi connectivity index (χ0n) is 4.93. The Balaban J connectivity index is 2.53. The van der Waals surface area contributed by atoms with Gasteiger partial charge in [0.25, 0.3) is 0 Å². The molecule has 0 N–H and O–H groups in total. The monoisotopic (exact) mass is 154 g/mol. The average Bonchev–Trinajstić information content (AvgIpc) is 2.12. The van der Waals surface area contributed by atoms with E-state index in [1.165, 1.54) is 0 Å². The minimum absolute atomic E-state index is 0.621. The van der Waals surface area contributed by atoms with Crippen LogP contribution in [-0.2, 0) is 14.7 Å². The molecule has 0 spiro atoms. The zero-order chi connectivity index (χ0) is 7.12. The minimum Gasteiger partial charge on any atom is -0.238 e. The molecule has 0 unspecified atom stereocenters. The van der Waals surface area contributed by atoms with Gasteiger partial charge in [-0.15, -0.1) is 0 Å². The van der Waals surface area contributed by atoms with Crippen LogP contribution in [0, 0.1) is 0 Å². The van der Waals surface area contributed by atoms with Crippen molar-refractivity contribution in [3.63, 3.8) is 0 Å². The van der Waals surface area contributed by atoms with Crippen LogP contribution >= 0.6 is 0 Å². The highest BCUT2D eigenvalue weighted by Crippen LogP contribution is 2.40. The Bertz CT molecular complexity index is 204. The first-order chi connectivity index (χ1) is 3.91. The van der Waals surface area contributed by atoms with Crippen LogP contribution in [-0.4, -0.2) is 14.0 Å². The third-order valence-corrected chi connectivity index (χ3v) is 1.86. The van der Waals surface area contributed by atoms with Crippen molar-refractivity contribution in [1.82, 2.24) is 0 Å². The van der Waals surface area contributed by atoms with Crippen LogP contribution in [0.2, 0.25) is 0 Å². The highest BCUT2D eigenvalue weighted by Gasteiger charge is 2.43. The summed E-state index contributed by atoms with van der Waals surface area (Å²) in [5, 5.41) is 0. The Morgan fingerprint density at radius 3 is 2.11 bits per heavy atom. The number of rotatable bonds is 2. The van der Waals surface area contributed by atoms with E-state index < -0.39 is 16.1 Å². The van der Waals surface area contributed by atoms with Gasteiger partial charge in [-0.25, -0.2) is 4.18 Å². The van der Waals surface area contributed by atoms with Crippen LogP contribution in [0.1, 0.15) is 19.8 Å². The second-order valence-electron chi connectivity index (χ2n) is 2.43. The first-order valence-electron chi connectivity index (χ1n) is 2.57. The van der Waals surface area contributed by atoms with Gasteiger partial charge in [0.15, 0.2) is 0 Å². The average molecular weight is 154 g/mol. The molecule has 3 nitrogen and oxygen atoms in total. The van der Waals surface area contributed by atoms with Gasteiger partial charge in [0.1, 0.15) is 0 Å². The summed E-state index contributed by atoms with van der Waals surface area (Å²) >= 11 is 0. The van der Waals surface area contributed by atoms with Crippen molar-refractivity contribution in [2.24, 2.45) is 0 Å². The van der Waals surface area contributed by atoms with Crippen molar-refractivity contribution in [3.8, 4) is 0 Å². The third kappa shape index (κ3) is 2.28. The van der Waals surface area contributed by atoms with E-state index in [2.05, 4.69) is 4.18 Å². The summed E-state index contributed by atoms with van der Waals surface area (Å²) in [5.41, 5.74) is -0.729. The smallest absolute Gasteiger partial charge is 0.238 e. The van der Waals surface area contributed by atoms with Crippen LogP contribution in [0.3, 0.4) is 0 Å². The van der Waals surface area contributed by atoms with Crippen LogP contribution in [0.25, 0.3) is 0 Å². The summed E-state index contributed by atoms with van der Waals surface area (Å²) in [6, 6.07) is 0. The van der Waals surface area contributed by atoms with Crippen LogP contribution in [0.5, 0.6) is 0 Å². The molecule has 0 atom stereocenters. The topological polar surface area (TPSA) is 43.4 Å². The predicted molar refractivity (Wildman–Crippen MR) is 28.8 cm³/mol. The van der Waals surface area contributed by atoms with Crippen molar-refractivity contribution >= 4 is 10.5 Å². The maximum absolute atomic E-state index is 11.7. The van der Waals surface area contributed by atoms with Crippen molar-refractivity contribution in [2.75, 3.05) is 0 Å². The summed E-state index contributed by atoms with van der Waals surface area (Å²) in [7, 11) is -4.72. The van der Waals surface area contributed by atoms with Crippen molar-refractivity contribution in [3.05, 3.63) is 0 Å². The molecule has 0 radical (unpaired) electrons. The largest absolute Gasteiger partial charge is 0.438 e. The standard InChI is InChI=1S/C4H7FO3S/c1-4(2-3-4)8-9(5,6)7/h2-3H2,1H3. The van der Waals surface area contributed by atoms with Crippen LogP contribution in [0.15, 0.2) is 0 Å². The molecule has 54 valence electrons. The molecule has 0 aliphatic heterocycles. The quantitative estimate of drug-likeness (QED) is 0.552. The van der Waals surface area contributed by atoms with Gasteiger partial charge in [-0.05, 0) is 19.8 Å². The second-order valence-corrected chi connectivity index (χ2v) is 3.38. The Hall–Kier alpha value is -0.160. The van der Waals surface area contributed by atoms with Crippen molar-refractivity contribution < 1.29 is 16.5 Å². The summed E-state index contributed by atoms with van der Waals surface area (Å²) in [5.74, 6) is 0. The van der Waals surface area contributed by atoms with E-state index in [9.17, 15) is 12.3 Å². The zero-order valence-corrected chi connectivity index (χ0v) is 5.74. The van der Waals surface area contributed by atoms with Crippen LogP contribution in [0.4, 0.5) is 3.89 Å². The van der Waals surface area contributed by atoms with E-state index in [1.807, 2.05) is 0 Å². The molecule has 0 amide bonds. The van der Waals surface area contributed by atoms with E-state index in [4.69, 9.17) is 0 Å². The molecule has 1 aliphatic rings. The van der Waals surface area contributed by atoms with Crippen molar-refractivity contribution in [2.45, 2.75) is 25.4 Å². The normalized spacial score (nSPS) is 23.8. The lowest BCUT2D eigenvalue weighted by molar-refractivity contribution is 0.193. The first kappa shape index (κ1) is 6.95. The molecular formula is C4H7FO3S. The Kier molecular flexibility index (Phi) is 1.29.